The second kappa shape index (κ2) is 10.4. The molecule has 3 rings (SSSR count). The van der Waals surface area contributed by atoms with E-state index in [1.54, 1.807) is 45.3 Å². The van der Waals surface area contributed by atoms with Gasteiger partial charge in [0.15, 0.2) is 23.0 Å². The van der Waals surface area contributed by atoms with Crippen LogP contribution < -0.4 is 33.5 Å². The van der Waals surface area contributed by atoms with Gasteiger partial charge < -0.3 is 33.5 Å². The normalized spacial score (nSPS) is 18.6. The van der Waals surface area contributed by atoms with Gasteiger partial charge >= 0.3 is 0 Å². The minimum absolute atomic E-state index is 0.692. The smallest absolute Gasteiger partial charge is 0.164 e. The Bertz CT molecular complexity index is 835. The lowest BCUT2D eigenvalue weighted by Gasteiger charge is -2.30. The predicted molar refractivity (Wildman–Crippen MR) is 114 cm³/mol. The van der Waals surface area contributed by atoms with Crippen molar-refractivity contribution >= 4 is 0 Å². The highest BCUT2D eigenvalue weighted by Gasteiger charge is 2.25. The molecule has 0 saturated carbocycles. The molecule has 1 aliphatic heterocycles. The van der Waals surface area contributed by atoms with E-state index in [4.69, 9.17) is 23.7 Å². The Balaban J connectivity index is 1.60. The molecule has 0 bridgehead atoms. The van der Waals surface area contributed by atoms with Gasteiger partial charge in [-0.25, -0.2) is 0 Å². The van der Waals surface area contributed by atoms with Crippen LogP contribution >= 0.6 is 0 Å². The fourth-order valence-electron chi connectivity index (χ4n) is 4.09. The first kappa shape index (κ1) is 22.1. The molecule has 7 nitrogen and oxygen atoms in total. The van der Waals surface area contributed by atoms with Crippen molar-refractivity contribution in [1.82, 2.24) is 0 Å². The van der Waals surface area contributed by atoms with Crippen LogP contribution in [-0.2, 0) is 13.1 Å². The molecule has 0 aliphatic carbocycles. The summed E-state index contributed by atoms with van der Waals surface area (Å²) in [6.07, 6.45) is 0. The number of hydrogen-bond donors (Lipinski definition) is 2. The fraction of sp³-hybridized carbons (Fsp3) is 0.478. The molecule has 0 spiro atoms. The Hall–Kier alpha value is -2.64. The molecule has 1 aliphatic rings. The summed E-state index contributed by atoms with van der Waals surface area (Å²) in [4.78, 5) is 3.14. The van der Waals surface area contributed by atoms with Crippen molar-refractivity contribution in [2.45, 2.75) is 13.1 Å². The van der Waals surface area contributed by atoms with Crippen LogP contribution in [0.2, 0.25) is 0 Å². The molecule has 1 fully saturated rings. The Kier molecular flexibility index (Phi) is 7.65. The number of quaternary nitrogens is 2. The first-order valence-corrected chi connectivity index (χ1v) is 10.3. The fourth-order valence-corrected chi connectivity index (χ4v) is 4.09. The molecule has 0 atom stereocenters. The zero-order valence-electron chi connectivity index (χ0n) is 18.7. The van der Waals surface area contributed by atoms with Gasteiger partial charge in [-0.3, -0.25) is 0 Å². The van der Waals surface area contributed by atoms with Gasteiger partial charge in [0.2, 0.25) is 0 Å². The molecule has 164 valence electrons. The Morgan fingerprint density at radius 1 is 0.567 bits per heavy atom. The van der Waals surface area contributed by atoms with E-state index in [-0.39, 0.29) is 0 Å². The van der Waals surface area contributed by atoms with Gasteiger partial charge in [0.05, 0.1) is 41.1 Å². The lowest BCUT2D eigenvalue weighted by Crippen LogP contribution is -3.27. The Morgan fingerprint density at radius 2 is 1.07 bits per heavy atom. The number of benzene rings is 2. The lowest BCUT2D eigenvalue weighted by molar-refractivity contribution is -1.02. The summed E-state index contributed by atoms with van der Waals surface area (Å²) in [5.41, 5.74) is 2.42. The van der Waals surface area contributed by atoms with Gasteiger partial charge in [0.1, 0.15) is 45.0 Å². The van der Waals surface area contributed by atoms with Gasteiger partial charge in [-0.05, 0) is 24.3 Å². The van der Waals surface area contributed by atoms with Crippen molar-refractivity contribution in [3.8, 4) is 28.7 Å². The van der Waals surface area contributed by atoms with Crippen molar-refractivity contribution in [2.75, 3.05) is 61.7 Å². The van der Waals surface area contributed by atoms with E-state index in [0.29, 0.717) is 5.75 Å². The largest absolute Gasteiger partial charge is 0.496 e. The summed E-state index contributed by atoms with van der Waals surface area (Å²) in [6.45, 7) is 6.37. The molecule has 1 heterocycles. The zero-order chi connectivity index (χ0) is 21.5. The maximum atomic E-state index is 5.59. The van der Waals surface area contributed by atoms with Crippen LogP contribution in [0.1, 0.15) is 11.1 Å². The Labute approximate surface area is 179 Å². The first-order valence-electron chi connectivity index (χ1n) is 10.3. The van der Waals surface area contributed by atoms with E-state index < -0.39 is 0 Å². The zero-order valence-corrected chi connectivity index (χ0v) is 18.7. The molecule has 2 aromatic rings. The first-order chi connectivity index (χ1) is 14.6. The molecule has 0 radical (unpaired) electrons. The second-order valence-electron chi connectivity index (χ2n) is 7.56. The number of nitrogens with one attached hydrogen (secondary N) is 2. The number of ether oxygens (including phenoxy) is 5. The predicted octanol–water partition coefficient (Wildman–Crippen LogP) is 0.213. The van der Waals surface area contributed by atoms with Crippen molar-refractivity contribution in [1.29, 1.82) is 0 Å². The monoisotopic (exact) mass is 418 g/mol. The average Bonchev–Trinajstić information content (AvgIpc) is 2.79. The Morgan fingerprint density at radius 3 is 1.63 bits per heavy atom. The minimum atomic E-state index is 0.692. The molecule has 2 N–H and O–H groups in total. The number of rotatable bonds is 9. The van der Waals surface area contributed by atoms with E-state index >= 15 is 0 Å². The number of methoxy groups -OCH3 is 5. The standard InChI is InChI=1S/C23H32N2O5/c1-26-19-7-6-17(12-21(19)28-3)15-24-8-10-25(11-9-24)16-18-13-22(29-4)23(30-5)14-20(18)27-2/h6-7,12-14H,8-11,15-16H2,1-5H3/p+2. The summed E-state index contributed by atoms with van der Waals surface area (Å²) in [6, 6.07) is 10.1. The van der Waals surface area contributed by atoms with Crippen molar-refractivity contribution in [3.63, 3.8) is 0 Å². The van der Waals surface area contributed by atoms with Crippen molar-refractivity contribution in [2.24, 2.45) is 0 Å². The SMILES string of the molecule is COc1cc(OC)c(OC)cc1C[NH+]1CC[NH+](Cc2ccc(OC)c(OC)c2)CC1. The second-order valence-corrected chi connectivity index (χ2v) is 7.56. The quantitative estimate of drug-likeness (QED) is 0.610. The van der Waals surface area contributed by atoms with Crippen molar-refractivity contribution in [3.05, 3.63) is 41.5 Å². The van der Waals surface area contributed by atoms with E-state index in [1.165, 1.54) is 5.56 Å². The summed E-state index contributed by atoms with van der Waals surface area (Å²) in [5.74, 6) is 3.84. The highest BCUT2D eigenvalue weighted by Crippen LogP contribution is 2.34. The average molecular weight is 419 g/mol. The van der Waals surface area contributed by atoms with E-state index in [0.717, 1.165) is 67.8 Å². The van der Waals surface area contributed by atoms with Crippen LogP contribution in [0.25, 0.3) is 0 Å². The van der Waals surface area contributed by atoms with Crippen LogP contribution in [0.3, 0.4) is 0 Å². The molecule has 0 amide bonds. The third-order valence-corrected chi connectivity index (χ3v) is 5.79. The van der Waals surface area contributed by atoms with E-state index in [2.05, 4.69) is 12.1 Å². The van der Waals surface area contributed by atoms with Crippen LogP contribution in [0.4, 0.5) is 0 Å². The summed E-state index contributed by atoms with van der Waals surface area (Å²) >= 11 is 0. The summed E-state index contributed by atoms with van der Waals surface area (Å²) < 4.78 is 27.2. The van der Waals surface area contributed by atoms with E-state index in [1.807, 2.05) is 18.2 Å². The third-order valence-electron chi connectivity index (χ3n) is 5.79. The molecule has 1 saturated heterocycles. The summed E-state index contributed by atoms with van der Waals surface area (Å²) in [5, 5.41) is 0. The van der Waals surface area contributed by atoms with Gasteiger partial charge in [0.25, 0.3) is 0 Å². The molecule has 30 heavy (non-hydrogen) atoms. The van der Waals surface area contributed by atoms with Crippen LogP contribution in [0.5, 0.6) is 28.7 Å². The van der Waals surface area contributed by atoms with Gasteiger partial charge in [-0.15, -0.1) is 0 Å². The van der Waals surface area contributed by atoms with Crippen LogP contribution in [-0.4, -0.2) is 61.7 Å². The van der Waals surface area contributed by atoms with Crippen LogP contribution in [0.15, 0.2) is 30.3 Å². The highest BCUT2D eigenvalue weighted by molar-refractivity contribution is 5.50. The van der Waals surface area contributed by atoms with Gasteiger partial charge in [-0.1, -0.05) is 0 Å². The maximum Gasteiger partial charge on any atom is 0.164 e. The molecule has 0 aromatic heterocycles. The molecule has 0 unspecified atom stereocenters. The van der Waals surface area contributed by atoms with E-state index in [9.17, 15) is 0 Å². The highest BCUT2D eigenvalue weighted by atomic mass is 16.5. The van der Waals surface area contributed by atoms with Crippen LogP contribution in [0, 0.1) is 0 Å². The maximum absolute atomic E-state index is 5.59. The molecular formula is C23H34N2O5+2. The molecule has 2 aromatic carbocycles. The number of hydrogen-bond acceptors (Lipinski definition) is 5. The summed E-state index contributed by atoms with van der Waals surface area (Å²) in [7, 11) is 8.35. The molecule has 7 heteroatoms. The number of piperazine rings is 1. The van der Waals surface area contributed by atoms with Gasteiger partial charge in [0, 0.05) is 11.6 Å². The lowest BCUT2D eigenvalue weighted by atomic mass is 10.1. The minimum Gasteiger partial charge on any atom is -0.496 e. The topological polar surface area (TPSA) is 55.0 Å². The van der Waals surface area contributed by atoms with Crippen molar-refractivity contribution < 1.29 is 33.5 Å². The van der Waals surface area contributed by atoms with Gasteiger partial charge in [-0.2, -0.15) is 0 Å². The third kappa shape index (κ3) is 5.09. The molecular weight excluding hydrogens is 384 g/mol.